The molecule has 2 aromatic carbocycles. The lowest BCUT2D eigenvalue weighted by Crippen LogP contribution is -2.14. The second kappa shape index (κ2) is 7.81. The number of benzene rings is 2. The molecular weight excluding hydrogens is 336 g/mol. The third-order valence-corrected chi connectivity index (χ3v) is 4.49. The van der Waals surface area contributed by atoms with Gasteiger partial charge in [-0.25, -0.2) is 0 Å². The Bertz CT molecular complexity index is 863. The minimum atomic E-state index is -0.0964. The fourth-order valence-corrected chi connectivity index (χ4v) is 3.15. The van der Waals surface area contributed by atoms with E-state index >= 15 is 0 Å². The quantitative estimate of drug-likeness (QED) is 0.727. The van der Waals surface area contributed by atoms with Crippen molar-refractivity contribution in [3.05, 3.63) is 59.7 Å². The van der Waals surface area contributed by atoms with Gasteiger partial charge in [0.2, 0.25) is 5.91 Å². The number of hydrogen-bond acceptors (Lipinski definition) is 5. The molecule has 0 spiro atoms. The number of thiazole rings is 1. The van der Waals surface area contributed by atoms with E-state index in [1.165, 1.54) is 0 Å². The summed E-state index contributed by atoms with van der Waals surface area (Å²) < 4.78 is 10.6. The molecule has 0 aliphatic rings. The van der Waals surface area contributed by atoms with Gasteiger partial charge in [0.05, 0.1) is 31.0 Å². The molecule has 3 rings (SSSR count). The van der Waals surface area contributed by atoms with Crippen molar-refractivity contribution in [3.8, 4) is 21.9 Å². The van der Waals surface area contributed by atoms with E-state index in [1.807, 2.05) is 42.5 Å². The van der Waals surface area contributed by atoms with Gasteiger partial charge in [-0.3, -0.25) is 9.78 Å². The van der Waals surface area contributed by atoms with Gasteiger partial charge in [0.15, 0.2) is 0 Å². The summed E-state index contributed by atoms with van der Waals surface area (Å²) in [6.45, 7) is 0. The molecule has 1 aromatic heterocycles. The third kappa shape index (κ3) is 4.16. The fraction of sp³-hybridized carbons (Fsp3) is 0.158. The number of ether oxygens (including phenoxy) is 2. The van der Waals surface area contributed by atoms with Crippen LogP contribution in [0.3, 0.4) is 0 Å². The summed E-state index contributed by atoms with van der Waals surface area (Å²) in [6, 6.07) is 13.1. The number of nitrogens with one attached hydrogen (secondary N) is 1. The zero-order chi connectivity index (χ0) is 17.6. The van der Waals surface area contributed by atoms with Crippen molar-refractivity contribution < 1.29 is 14.3 Å². The van der Waals surface area contributed by atoms with Crippen LogP contribution in [0.15, 0.2) is 54.2 Å². The van der Waals surface area contributed by atoms with Crippen LogP contribution in [0.1, 0.15) is 5.56 Å². The molecule has 25 heavy (non-hydrogen) atoms. The van der Waals surface area contributed by atoms with Gasteiger partial charge in [-0.05, 0) is 29.8 Å². The topological polar surface area (TPSA) is 60.5 Å². The molecule has 0 atom stereocenters. The molecule has 5 nitrogen and oxygen atoms in total. The predicted molar refractivity (Wildman–Crippen MR) is 99.4 cm³/mol. The lowest BCUT2D eigenvalue weighted by molar-refractivity contribution is -0.115. The van der Waals surface area contributed by atoms with Crippen LogP contribution in [-0.4, -0.2) is 25.1 Å². The highest BCUT2D eigenvalue weighted by atomic mass is 32.1. The molecule has 3 aromatic rings. The Labute approximate surface area is 150 Å². The molecule has 128 valence electrons. The van der Waals surface area contributed by atoms with E-state index in [0.717, 1.165) is 21.8 Å². The van der Waals surface area contributed by atoms with Gasteiger partial charge < -0.3 is 14.8 Å². The molecule has 0 saturated heterocycles. The van der Waals surface area contributed by atoms with Crippen LogP contribution in [0.4, 0.5) is 5.69 Å². The minimum absolute atomic E-state index is 0.0964. The van der Waals surface area contributed by atoms with Gasteiger partial charge in [0.25, 0.3) is 0 Å². The number of nitrogens with zero attached hydrogens (tertiary/aromatic N) is 1. The molecule has 0 saturated carbocycles. The van der Waals surface area contributed by atoms with Crippen molar-refractivity contribution in [2.75, 3.05) is 19.5 Å². The highest BCUT2D eigenvalue weighted by Crippen LogP contribution is 2.34. The summed E-state index contributed by atoms with van der Waals surface area (Å²) >= 11 is 1.54. The summed E-state index contributed by atoms with van der Waals surface area (Å²) in [7, 11) is 3.22. The number of hydrogen-bond donors (Lipinski definition) is 1. The van der Waals surface area contributed by atoms with E-state index < -0.39 is 0 Å². The Morgan fingerprint density at radius 2 is 2.04 bits per heavy atom. The molecule has 1 N–H and O–H groups in total. The van der Waals surface area contributed by atoms with Crippen LogP contribution in [0.25, 0.3) is 10.4 Å². The minimum Gasteiger partial charge on any atom is -0.497 e. The van der Waals surface area contributed by atoms with Crippen LogP contribution in [0.2, 0.25) is 0 Å². The summed E-state index contributed by atoms with van der Waals surface area (Å²) in [5, 5.41) is 2.90. The number of rotatable bonds is 6. The summed E-state index contributed by atoms with van der Waals surface area (Å²) in [6.07, 6.45) is 2.07. The van der Waals surface area contributed by atoms with E-state index in [0.29, 0.717) is 11.4 Å². The Kier molecular flexibility index (Phi) is 5.30. The molecule has 1 amide bonds. The van der Waals surface area contributed by atoms with E-state index in [9.17, 15) is 4.79 Å². The summed E-state index contributed by atoms with van der Waals surface area (Å²) in [5.74, 6) is 1.34. The number of anilines is 1. The van der Waals surface area contributed by atoms with Crippen molar-refractivity contribution in [1.82, 2.24) is 4.98 Å². The number of aromatic nitrogens is 1. The van der Waals surface area contributed by atoms with Crippen molar-refractivity contribution in [3.63, 3.8) is 0 Å². The van der Waals surface area contributed by atoms with Gasteiger partial charge >= 0.3 is 0 Å². The lowest BCUT2D eigenvalue weighted by Gasteiger charge is -2.11. The molecule has 6 heteroatoms. The van der Waals surface area contributed by atoms with Crippen LogP contribution in [-0.2, 0) is 11.2 Å². The maximum atomic E-state index is 12.3. The fourth-order valence-electron chi connectivity index (χ4n) is 2.49. The van der Waals surface area contributed by atoms with Crippen molar-refractivity contribution >= 4 is 22.9 Å². The highest BCUT2D eigenvalue weighted by molar-refractivity contribution is 7.13. The first-order valence-corrected chi connectivity index (χ1v) is 8.57. The van der Waals surface area contributed by atoms with Crippen molar-refractivity contribution in [2.45, 2.75) is 6.42 Å². The average molecular weight is 354 g/mol. The molecule has 0 aliphatic heterocycles. The van der Waals surface area contributed by atoms with Gasteiger partial charge in [-0.15, -0.1) is 11.3 Å². The number of carbonyl (C=O) groups excluding carboxylic acids is 1. The maximum absolute atomic E-state index is 12.3. The Hall–Kier alpha value is -2.86. The van der Waals surface area contributed by atoms with Crippen LogP contribution < -0.4 is 14.8 Å². The zero-order valence-corrected chi connectivity index (χ0v) is 14.8. The average Bonchev–Trinajstić information content (AvgIpc) is 3.16. The van der Waals surface area contributed by atoms with Gasteiger partial charge in [-0.1, -0.05) is 12.1 Å². The number of methoxy groups -OCH3 is 2. The monoisotopic (exact) mass is 354 g/mol. The second-order valence-electron chi connectivity index (χ2n) is 5.36. The molecule has 0 aliphatic carbocycles. The molecule has 0 fully saturated rings. The van der Waals surface area contributed by atoms with E-state index in [2.05, 4.69) is 10.3 Å². The second-order valence-corrected chi connectivity index (χ2v) is 6.24. The number of amides is 1. The Morgan fingerprint density at radius 1 is 1.16 bits per heavy atom. The normalized spacial score (nSPS) is 10.3. The summed E-state index contributed by atoms with van der Waals surface area (Å²) in [5.41, 5.74) is 4.32. The maximum Gasteiger partial charge on any atom is 0.228 e. The first-order valence-electron chi connectivity index (χ1n) is 7.69. The first-order chi connectivity index (χ1) is 12.2. The summed E-state index contributed by atoms with van der Waals surface area (Å²) in [4.78, 5) is 17.4. The lowest BCUT2D eigenvalue weighted by atomic mass is 10.1. The first kappa shape index (κ1) is 17.0. The largest absolute Gasteiger partial charge is 0.497 e. The van der Waals surface area contributed by atoms with Gasteiger partial charge in [0.1, 0.15) is 11.5 Å². The zero-order valence-electron chi connectivity index (χ0n) is 14.0. The SMILES string of the molecule is COc1cccc(CC(=O)Nc2ccc(-c3cncs3)c(OC)c2)c1. The van der Waals surface area contributed by atoms with E-state index in [1.54, 1.807) is 37.3 Å². The smallest absolute Gasteiger partial charge is 0.228 e. The molecule has 0 radical (unpaired) electrons. The molecular formula is C19H18N2O3S. The van der Waals surface area contributed by atoms with E-state index in [-0.39, 0.29) is 12.3 Å². The molecule has 1 heterocycles. The standard InChI is InChI=1S/C19H18N2O3S/c1-23-15-5-3-4-13(8-15)9-19(22)21-14-6-7-16(17(10-14)24-2)18-11-20-12-25-18/h3-8,10-12H,9H2,1-2H3,(H,21,22). The van der Waals surface area contributed by atoms with Gasteiger partial charge in [-0.2, -0.15) is 0 Å². The third-order valence-electron chi connectivity index (χ3n) is 3.68. The van der Waals surface area contributed by atoms with E-state index in [4.69, 9.17) is 9.47 Å². The van der Waals surface area contributed by atoms with Crippen LogP contribution in [0, 0.1) is 0 Å². The van der Waals surface area contributed by atoms with Crippen molar-refractivity contribution in [1.29, 1.82) is 0 Å². The highest BCUT2D eigenvalue weighted by Gasteiger charge is 2.11. The predicted octanol–water partition coefficient (Wildman–Crippen LogP) is 4.01. The van der Waals surface area contributed by atoms with Gasteiger partial charge in [0, 0.05) is 23.5 Å². The molecule has 0 bridgehead atoms. The van der Waals surface area contributed by atoms with Crippen LogP contribution in [0.5, 0.6) is 11.5 Å². The Morgan fingerprint density at radius 3 is 2.76 bits per heavy atom. The van der Waals surface area contributed by atoms with Crippen molar-refractivity contribution in [2.24, 2.45) is 0 Å². The number of carbonyl (C=O) groups is 1. The Balaban J connectivity index is 1.73. The molecule has 0 unspecified atom stereocenters. The van der Waals surface area contributed by atoms with Crippen LogP contribution >= 0.6 is 11.3 Å².